The molecular weight excluding hydrogens is 260 g/mol. The van der Waals surface area contributed by atoms with Crippen LogP contribution in [0.15, 0.2) is 18.5 Å². The Bertz CT molecular complexity index is 488. The molecule has 0 spiro atoms. The van der Waals surface area contributed by atoms with E-state index in [4.69, 9.17) is 9.47 Å². The van der Waals surface area contributed by atoms with E-state index in [1.807, 2.05) is 17.8 Å². The lowest BCUT2D eigenvalue weighted by molar-refractivity contribution is -0.155. The van der Waals surface area contributed by atoms with Gasteiger partial charge >= 0.3 is 12.1 Å². The zero-order chi connectivity index (χ0) is 15.5. The maximum absolute atomic E-state index is 12.1. The molecule has 6 heteroatoms. The Morgan fingerprint density at radius 3 is 2.35 bits per heavy atom. The summed E-state index contributed by atoms with van der Waals surface area (Å²) >= 11 is 0. The highest BCUT2D eigenvalue weighted by Crippen LogP contribution is 2.23. The van der Waals surface area contributed by atoms with Gasteiger partial charge in [0.2, 0.25) is 6.23 Å². The van der Waals surface area contributed by atoms with E-state index < -0.39 is 23.9 Å². The third-order valence-electron chi connectivity index (χ3n) is 2.45. The summed E-state index contributed by atoms with van der Waals surface area (Å²) in [5.41, 5.74) is 0.0964. The Morgan fingerprint density at radius 2 is 1.95 bits per heavy atom. The van der Waals surface area contributed by atoms with Crippen molar-refractivity contribution in [2.24, 2.45) is 7.05 Å². The van der Waals surface area contributed by atoms with Crippen LogP contribution in [0.3, 0.4) is 0 Å². The van der Waals surface area contributed by atoms with Crippen molar-refractivity contribution < 1.29 is 19.1 Å². The van der Waals surface area contributed by atoms with Gasteiger partial charge in [-0.3, -0.25) is 9.69 Å². The SMILES string of the molecule is CC(=O)OC(c1ccn(C)c1)N(C)C(=O)OC(C)(C)C. The van der Waals surface area contributed by atoms with Gasteiger partial charge in [-0.25, -0.2) is 4.79 Å². The topological polar surface area (TPSA) is 60.8 Å². The van der Waals surface area contributed by atoms with Gasteiger partial charge in [-0.1, -0.05) is 0 Å². The largest absolute Gasteiger partial charge is 0.444 e. The van der Waals surface area contributed by atoms with Crippen molar-refractivity contribution in [1.29, 1.82) is 0 Å². The van der Waals surface area contributed by atoms with Gasteiger partial charge in [-0.15, -0.1) is 0 Å². The van der Waals surface area contributed by atoms with E-state index in [9.17, 15) is 9.59 Å². The van der Waals surface area contributed by atoms with Gasteiger partial charge in [-0.05, 0) is 26.8 Å². The summed E-state index contributed by atoms with van der Waals surface area (Å²) in [6.07, 6.45) is 2.25. The molecule has 0 saturated heterocycles. The van der Waals surface area contributed by atoms with Gasteiger partial charge in [-0.2, -0.15) is 0 Å². The predicted octanol–water partition coefficient (Wildman–Crippen LogP) is 2.45. The van der Waals surface area contributed by atoms with Crippen molar-refractivity contribution in [1.82, 2.24) is 9.47 Å². The molecule has 1 unspecified atom stereocenters. The van der Waals surface area contributed by atoms with E-state index in [0.29, 0.717) is 5.56 Å². The number of carbonyl (C=O) groups excluding carboxylic acids is 2. The van der Waals surface area contributed by atoms with Crippen LogP contribution >= 0.6 is 0 Å². The Labute approximate surface area is 119 Å². The molecule has 112 valence electrons. The molecule has 1 atom stereocenters. The van der Waals surface area contributed by atoms with E-state index in [1.54, 1.807) is 33.0 Å². The molecule has 0 saturated carbocycles. The summed E-state index contributed by atoms with van der Waals surface area (Å²) in [5, 5.41) is 0. The molecule has 6 nitrogen and oxygen atoms in total. The molecule has 0 aliphatic carbocycles. The first kappa shape index (κ1) is 16.1. The molecular formula is C14H22N2O4. The lowest BCUT2D eigenvalue weighted by Gasteiger charge is -2.29. The second kappa shape index (κ2) is 5.98. The summed E-state index contributed by atoms with van der Waals surface area (Å²) in [4.78, 5) is 24.6. The van der Waals surface area contributed by atoms with Crippen LogP contribution in [0.1, 0.15) is 39.5 Å². The normalized spacial score (nSPS) is 12.7. The van der Waals surface area contributed by atoms with Crippen molar-refractivity contribution in [3.05, 3.63) is 24.0 Å². The monoisotopic (exact) mass is 282 g/mol. The van der Waals surface area contributed by atoms with Crippen LogP contribution in [0.2, 0.25) is 0 Å². The number of amides is 1. The van der Waals surface area contributed by atoms with Crippen LogP contribution in [0.5, 0.6) is 0 Å². The van der Waals surface area contributed by atoms with Gasteiger partial charge in [0.25, 0.3) is 0 Å². The number of aromatic nitrogens is 1. The molecule has 20 heavy (non-hydrogen) atoms. The van der Waals surface area contributed by atoms with Crippen molar-refractivity contribution in [2.45, 2.75) is 39.5 Å². The van der Waals surface area contributed by atoms with Crippen molar-refractivity contribution in [3.8, 4) is 0 Å². The van der Waals surface area contributed by atoms with Crippen LogP contribution < -0.4 is 0 Å². The fraction of sp³-hybridized carbons (Fsp3) is 0.571. The first-order chi connectivity index (χ1) is 9.10. The van der Waals surface area contributed by atoms with E-state index in [0.717, 1.165) is 0 Å². The van der Waals surface area contributed by atoms with E-state index in [2.05, 4.69) is 0 Å². The zero-order valence-corrected chi connectivity index (χ0v) is 12.8. The number of aryl methyl sites for hydroxylation is 1. The minimum Gasteiger partial charge on any atom is -0.444 e. The third-order valence-corrected chi connectivity index (χ3v) is 2.45. The number of carbonyl (C=O) groups is 2. The molecule has 0 radical (unpaired) electrons. The van der Waals surface area contributed by atoms with Gasteiger partial charge in [0.05, 0.1) is 0 Å². The van der Waals surface area contributed by atoms with Gasteiger partial charge < -0.3 is 14.0 Å². The minimum absolute atomic E-state index is 0.464. The molecule has 1 rings (SSSR count). The fourth-order valence-corrected chi connectivity index (χ4v) is 1.63. The smallest absolute Gasteiger partial charge is 0.413 e. The summed E-state index contributed by atoms with van der Waals surface area (Å²) < 4.78 is 12.3. The lowest BCUT2D eigenvalue weighted by Crippen LogP contribution is -2.38. The fourth-order valence-electron chi connectivity index (χ4n) is 1.63. The van der Waals surface area contributed by atoms with Crippen molar-refractivity contribution in [2.75, 3.05) is 7.05 Å². The van der Waals surface area contributed by atoms with Crippen molar-refractivity contribution >= 4 is 12.1 Å². The minimum atomic E-state index is -0.802. The number of esters is 1. The van der Waals surface area contributed by atoms with Crippen molar-refractivity contribution in [3.63, 3.8) is 0 Å². The molecule has 1 aromatic heterocycles. The molecule has 0 fully saturated rings. The quantitative estimate of drug-likeness (QED) is 0.631. The molecule has 0 bridgehead atoms. The van der Waals surface area contributed by atoms with Gasteiger partial charge in [0, 0.05) is 39.0 Å². The predicted molar refractivity (Wildman–Crippen MR) is 73.9 cm³/mol. The van der Waals surface area contributed by atoms with Gasteiger partial charge in [0.1, 0.15) is 5.60 Å². The molecule has 0 aliphatic heterocycles. The Balaban J connectivity index is 2.93. The van der Waals surface area contributed by atoms with Crippen LogP contribution in [-0.4, -0.2) is 34.2 Å². The highest BCUT2D eigenvalue weighted by Gasteiger charge is 2.28. The van der Waals surface area contributed by atoms with Crippen LogP contribution in [-0.2, 0) is 21.3 Å². The molecule has 1 amide bonds. The molecule has 0 aromatic carbocycles. The second-order valence-corrected chi connectivity index (χ2v) is 5.66. The number of nitrogens with zero attached hydrogens (tertiary/aromatic N) is 2. The molecule has 1 heterocycles. The standard InChI is InChI=1S/C14H22N2O4/c1-10(17)19-12(11-7-8-15(5)9-11)16(6)13(18)20-14(2,3)4/h7-9,12H,1-6H3. The Kier molecular flexibility index (Phi) is 4.81. The highest BCUT2D eigenvalue weighted by molar-refractivity contribution is 5.70. The van der Waals surface area contributed by atoms with Gasteiger partial charge in [0.15, 0.2) is 0 Å². The van der Waals surface area contributed by atoms with Crippen LogP contribution in [0.25, 0.3) is 0 Å². The average molecular weight is 282 g/mol. The molecule has 0 N–H and O–H groups in total. The summed E-state index contributed by atoms with van der Waals surface area (Å²) in [6.45, 7) is 6.64. The first-order valence-corrected chi connectivity index (χ1v) is 6.35. The maximum atomic E-state index is 12.1. The summed E-state index contributed by atoms with van der Waals surface area (Å²) in [5.74, 6) is -0.464. The Hall–Kier alpha value is -1.98. The van der Waals surface area contributed by atoms with E-state index >= 15 is 0 Å². The first-order valence-electron chi connectivity index (χ1n) is 6.35. The summed E-state index contributed by atoms with van der Waals surface area (Å²) in [6, 6.07) is 1.79. The highest BCUT2D eigenvalue weighted by atomic mass is 16.6. The van der Waals surface area contributed by atoms with E-state index in [1.165, 1.54) is 18.9 Å². The molecule has 1 aromatic rings. The number of hydrogen-bond acceptors (Lipinski definition) is 4. The second-order valence-electron chi connectivity index (χ2n) is 5.66. The Morgan fingerprint density at radius 1 is 1.35 bits per heavy atom. The third kappa shape index (κ3) is 4.60. The summed E-state index contributed by atoms with van der Waals surface area (Å²) in [7, 11) is 3.39. The number of hydrogen-bond donors (Lipinski definition) is 0. The molecule has 0 aliphatic rings. The van der Waals surface area contributed by atoms with E-state index in [-0.39, 0.29) is 0 Å². The lowest BCUT2D eigenvalue weighted by atomic mass is 10.2. The van der Waals surface area contributed by atoms with Crippen LogP contribution in [0, 0.1) is 0 Å². The zero-order valence-electron chi connectivity index (χ0n) is 12.8. The average Bonchev–Trinajstić information content (AvgIpc) is 2.69. The maximum Gasteiger partial charge on any atom is 0.413 e. The van der Waals surface area contributed by atoms with Crippen LogP contribution in [0.4, 0.5) is 4.79 Å². The number of rotatable bonds is 3. The number of ether oxygens (including phenoxy) is 2.